The van der Waals surface area contributed by atoms with Crippen molar-refractivity contribution in [3.63, 3.8) is 0 Å². The van der Waals surface area contributed by atoms with Crippen LogP contribution in [-0.4, -0.2) is 0 Å². The van der Waals surface area contributed by atoms with Crippen LogP contribution in [0.15, 0.2) is 42.5 Å². The maximum atomic E-state index is 6.12. The molecule has 0 aliphatic heterocycles. The second kappa shape index (κ2) is 5.21. The average molecular weight is 248 g/mol. The first-order valence-electron chi connectivity index (χ1n) is 5.42. The zero-order chi connectivity index (χ0) is 12.3. The maximum Gasteiger partial charge on any atom is 0.146 e. The summed E-state index contributed by atoms with van der Waals surface area (Å²) in [6.07, 6.45) is 0. The molecule has 2 rings (SSSR count). The van der Waals surface area contributed by atoms with Gasteiger partial charge in [-0.2, -0.15) is 0 Å². The SMILES string of the molecule is Cc1cccc(Oc2ccc(CN)cc2Cl)c1. The summed E-state index contributed by atoms with van der Waals surface area (Å²) in [5.74, 6) is 1.43. The Bertz CT molecular complexity index is 525. The zero-order valence-electron chi connectivity index (χ0n) is 9.61. The monoisotopic (exact) mass is 247 g/mol. The van der Waals surface area contributed by atoms with Gasteiger partial charge in [-0.3, -0.25) is 0 Å². The first-order chi connectivity index (χ1) is 8.19. The molecule has 2 N–H and O–H groups in total. The Morgan fingerprint density at radius 2 is 2.00 bits per heavy atom. The predicted octanol–water partition coefficient (Wildman–Crippen LogP) is 3.90. The van der Waals surface area contributed by atoms with Gasteiger partial charge in [0.2, 0.25) is 0 Å². The van der Waals surface area contributed by atoms with Crippen molar-refractivity contribution in [3.8, 4) is 11.5 Å². The molecule has 0 heterocycles. The molecular formula is C14H14ClNO. The Labute approximate surface area is 106 Å². The molecule has 0 bridgehead atoms. The molecule has 0 saturated carbocycles. The third-order valence-corrected chi connectivity index (χ3v) is 2.74. The first kappa shape index (κ1) is 12.0. The van der Waals surface area contributed by atoms with Gasteiger partial charge in [-0.05, 0) is 42.3 Å². The third-order valence-electron chi connectivity index (χ3n) is 2.45. The average Bonchev–Trinajstić information content (AvgIpc) is 2.32. The van der Waals surface area contributed by atoms with Crippen molar-refractivity contribution in [2.45, 2.75) is 13.5 Å². The molecule has 2 nitrogen and oxygen atoms in total. The lowest BCUT2D eigenvalue weighted by atomic mass is 10.2. The summed E-state index contributed by atoms with van der Waals surface area (Å²) < 4.78 is 5.72. The van der Waals surface area contributed by atoms with E-state index in [0.29, 0.717) is 17.3 Å². The molecule has 2 aromatic carbocycles. The van der Waals surface area contributed by atoms with Crippen LogP contribution < -0.4 is 10.5 Å². The second-order valence-electron chi connectivity index (χ2n) is 3.89. The fourth-order valence-corrected chi connectivity index (χ4v) is 1.80. The number of hydrogen-bond donors (Lipinski definition) is 1. The highest BCUT2D eigenvalue weighted by Crippen LogP contribution is 2.30. The number of ether oxygens (including phenoxy) is 1. The summed E-state index contributed by atoms with van der Waals surface area (Å²) in [6.45, 7) is 2.50. The number of nitrogens with two attached hydrogens (primary N) is 1. The lowest BCUT2D eigenvalue weighted by Crippen LogP contribution is -1.96. The van der Waals surface area contributed by atoms with Crippen molar-refractivity contribution in [2.75, 3.05) is 0 Å². The fourth-order valence-electron chi connectivity index (χ4n) is 1.56. The molecule has 0 unspecified atom stereocenters. The van der Waals surface area contributed by atoms with Gasteiger partial charge in [-0.15, -0.1) is 0 Å². The molecule has 17 heavy (non-hydrogen) atoms. The molecule has 88 valence electrons. The summed E-state index contributed by atoms with van der Waals surface area (Å²) >= 11 is 6.12. The lowest BCUT2D eigenvalue weighted by Gasteiger charge is -2.09. The maximum absolute atomic E-state index is 6.12. The largest absolute Gasteiger partial charge is 0.456 e. The van der Waals surface area contributed by atoms with Gasteiger partial charge in [0.25, 0.3) is 0 Å². The lowest BCUT2D eigenvalue weighted by molar-refractivity contribution is 0.482. The van der Waals surface area contributed by atoms with E-state index in [0.717, 1.165) is 16.9 Å². The van der Waals surface area contributed by atoms with Crippen molar-refractivity contribution in [2.24, 2.45) is 5.73 Å². The van der Waals surface area contributed by atoms with Crippen LogP contribution in [0.2, 0.25) is 5.02 Å². The standard InChI is InChI=1S/C14H14ClNO/c1-10-3-2-4-12(7-10)17-14-6-5-11(9-16)8-13(14)15/h2-8H,9,16H2,1H3. The van der Waals surface area contributed by atoms with Crippen LogP contribution in [0, 0.1) is 6.92 Å². The molecule has 0 atom stereocenters. The quantitative estimate of drug-likeness (QED) is 0.893. The number of hydrogen-bond acceptors (Lipinski definition) is 2. The molecule has 0 aromatic heterocycles. The molecule has 0 radical (unpaired) electrons. The predicted molar refractivity (Wildman–Crippen MR) is 70.6 cm³/mol. The fraction of sp³-hybridized carbons (Fsp3) is 0.143. The highest BCUT2D eigenvalue weighted by Gasteiger charge is 2.04. The van der Waals surface area contributed by atoms with Crippen LogP contribution in [0.3, 0.4) is 0 Å². The number of aryl methyl sites for hydroxylation is 1. The van der Waals surface area contributed by atoms with E-state index in [9.17, 15) is 0 Å². The number of benzene rings is 2. The van der Waals surface area contributed by atoms with Crippen molar-refractivity contribution < 1.29 is 4.74 Å². The minimum absolute atomic E-state index is 0.477. The highest BCUT2D eigenvalue weighted by atomic mass is 35.5. The van der Waals surface area contributed by atoms with E-state index in [1.165, 1.54) is 0 Å². The van der Waals surface area contributed by atoms with E-state index < -0.39 is 0 Å². The van der Waals surface area contributed by atoms with Crippen LogP contribution in [-0.2, 0) is 6.54 Å². The van der Waals surface area contributed by atoms with Gasteiger partial charge in [-0.25, -0.2) is 0 Å². The topological polar surface area (TPSA) is 35.2 Å². The van der Waals surface area contributed by atoms with E-state index in [4.69, 9.17) is 22.1 Å². The molecule has 0 fully saturated rings. The molecule has 0 aliphatic rings. The van der Waals surface area contributed by atoms with Gasteiger partial charge in [0.05, 0.1) is 5.02 Å². The molecular weight excluding hydrogens is 234 g/mol. The van der Waals surface area contributed by atoms with Crippen LogP contribution >= 0.6 is 11.6 Å². The van der Waals surface area contributed by atoms with Crippen LogP contribution in [0.25, 0.3) is 0 Å². The van der Waals surface area contributed by atoms with E-state index in [-0.39, 0.29) is 0 Å². The Hall–Kier alpha value is -1.51. The van der Waals surface area contributed by atoms with Crippen molar-refractivity contribution in [1.29, 1.82) is 0 Å². The van der Waals surface area contributed by atoms with Gasteiger partial charge in [0, 0.05) is 6.54 Å². The summed E-state index contributed by atoms with van der Waals surface area (Å²) in [6, 6.07) is 13.4. The van der Waals surface area contributed by atoms with E-state index in [1.807, 2.05) is 49.4 Å². The third kappa shape index (κ3) is 2.99. The Balaban J connectivity index is 2.24. The summed E-state index contributed by atoms with van der Waals surface area (Å²) in [4.78, 5) is 0. The van der Waals surface area contributed by atoms with Crippen LogP contribution in [0.1, 0.15) is 11.1 Å². The smallest absolute Gasteiger partial charge is 0.146 e. The molecule has 2 aromatic rings. The molecule has 3 heteroatoms. The highest BCUT2D eigenvalue weighted by molar-refractivity contribution is 6.32. The summed E-state index contributed by atoms with van der Waals surface area (Å²) in [7, 11) is 0. The minimum Gasteiger partial charge on any atom is -0.456 e. The summed E-state index contributed by atoms with van der Waals surface area (Å²) in [5.41, 5.74) is 7.68. The normalized spacial score (nSPS) is 10.3. The minimum atomic E-state index is 0.477. The molecule has 0 spiro atoms. The number of halogens is 1. The van der Waals surface area contributed by atoms with Gasteiger partial charge in [-0.1, -0.05) is 29.8 Å². The zero-order valence-corrected chi connectivity index (χ0v) is 10.4. The first-order valence-corrected chi connectivity index (χ1v) is 5.80. The van der Waals surface area contributed by atoms with Crippen LogP contribution in [0.5, 0.6) is 11.5 Å². The molecule has 0 aliphatic carbocycles. The van der Waals surface area contributed by atoms with E-state index >= 15 is 0 Å². The van der Waals surface area contributed by atoms with E-state index in [1.54, 1.807) is 0 Å². The van der Waals surface area contributed by atoms with Gasteiger partial charge >= 0.3 is 0 Å². The Kier molecular flexibility index (Phi) is 3.67. The Morgan fingerprint density at radius 1 is 1.18 bits per heavy atom. The van der Waals surface area contributed by atoms with Gasteiger partial charge in [0.15, 0.2) is 0 Å². The van der Waals surface area contributed by atoms with E-state index in [2.05, 4.69) is 0 Å². The van der Waals surface area contributed by atoms with Crippen molar-refractivity contribution in [1.82, 2.24) is 0 Å². The molecule has 0 amide bonds. The van der Waals surface area contributed by atoms with Crippen LogP contribution in [0.4, 0.5) is 0 Å². The second-order valence-corrected chi connectivity index (χ2v) is 4.29. The van der Waals surface area contributed by atoms with Gasteiger partial charge in [0.1, 0.15) is 11.5 Å². The Morgan fingerprint density at radius 3 is 2.65 bits per heavy atom. The number of rotatable bonds is 3. The van der Waals surface area contributed by atoms with Gasteiger partial charge < -0.3 is 10.5 Å². The van der Waals surface area contributed by atoms with Crippen molar-refractivity contribution >= 4 is 11.6 Å². The summed E-state index contributed by atoms with van der Waals surface area (Å²) in [5, 5.41) is 0.578. The van der Waals surface area contributed by atoms with Crippen molar-refractivity contribution in [3.05, 3.63) is 58.6 Å². The molecule has 0 saturated heterocycles.